The van der Waals surface area contributed by atoms with E-state index >= 15 is 0 Å². The van der Waals surface area contributed by atoms with Gasteiger partial charge >= 0.3 is 21.1 Å². The zero-order chi connectivity index (χ0) is 30.0. The summed E-state index contributed by atoms with van der Waals surface area (Å²) in [5.74, 6) is -0.707. The number of rotatable bonds is 11. The van der Waals surface area contributed by atoms with E-state index in [0.717, 1.165) is 23.8 Å². The molecule has 40 heavy (non-hydrogen) atoms. The average molecular weight is 621 g/mol. The number of carbonyl (C=O) groups is 1. The number of H-pyrrole nitrogens is 1. The van der Waals surface area contributed by atoms with Gasteiger partial charge in [0.05, 0.1) is 13.2 Å². The third-order valence-electron chi connectivity index (χ3n) is 5.75. The van der Waals surface area contributed by atoms with E-state index in [0.29, 0.717) is 0 Å². The van der Waals surface area contributed by atoms with E-state index in [1.54, 1.807) is 0 Å². The molecule has 2 saturated heterocycles. The highest BCUT2D eigenvalue weighted by Crippen LogP contribution is 2.60. The summed E-state index contributed by atoms with van der Waals surface area (Å²) >= 11 is 0. The van der Waals surface area contributed by atoms with E-state index in [1.165, 1.54) is 0 Å². The molecule has 2 aliphatic heterocycles. The lowest BCUT2D eigenvalue weighted by Gasteiger charge is -2.42. The number of hydrogen-bond donors (Lipinski definition) is 9. The van der Waals surface area contributed by atoms with E-state index in [-0.39, 0.29) is 0 Å². The maximum absolute atomic E-state index is 12.4. The van der Waals surface area contributed by atoms with Crippen molar-refractivity contribution in [2.24, 2.45) is 0 Å². The van der Waals surface area contributed by atoms with Crippen molar-refractivity contribution >= 4 is 21.3 Å². The summed E-state index contributed by atoms with van der Waals surface area (Å²) in [6.45, 7) is -0.738. The summed E-state index contributed by atoms with van der Waals surface area (Å²) in [6.07, 6.45) is -13.5. The first-order chi connectivity index (χ1) is 18.5. The molecule has 0 bridgehead atoms. The summed E-state index contributed by atoms with van der Waals surface area (Å²) < 4.78 is 49.9. The molecule has 22 heteroatoms. The van der Waals surface area contributed by atoms with Crippen molar-refractivity contribution in [2.75, 3.05) is 19.6 Å². The molecule has 3 heterocycles. The maximum Gasteiger partial charge on any atom is 0.479 e. The molecule has 2 aliphatic rings. The van der Waals surface area contributed by atoms with Crippen molar-refractivity contribution < 1.29 is 72.3 Å². The van der Waals surface area contributed by atoms with Crippen LogP contribution in [0.4, 0.5) is 0 Å². The van der Waals surface area contributed by atoms with Crippen LogP contribution in [0.1, 0.15) is 13.2 Å². The second-order valence-electron chi connectivity index (χ2n) is 8.78. The van der Waals surface area contributed by atoms with Crippen LogP contribution < -0.4 is 16.6 Å². The Bertz CT molecular complexity index is 1260. The highest BCUT2D eigenvalue weighted by molar-refractivity contribution is 7.63. The van der Waals surface area contributed by atoms with Crippen molar-refractivity contribution in [3.05, 3.63) is 33.1 Å². The Labute approximate surface area is 223 Å². The smallest absolute Gasteiger partial charge is 0.394 e. The summed E-state index contributed by atoms with van der Waals surface area (Å²) in [4.78, 5) is 56.5. The predicted molar refractivity (Wildman–Crippen MR) is 125 cm³/mol. The Morgan fingerprint density at radius 1 is 1.07 bits per heavy atom. The van der Waals surface area contributed by atoms with Gasteiger partial charge in [-0.15, -0.1) is 0 Å². The minimum Gasteiger partial charge on any atom is -0.394 e. The van der Waals surface area contributed by atoms with Gasteiger partial charge in [-0.1, -0.05) is 0 Å². The van der Waals surface area contributed by atoms with Gasteiger partial charge in [-0.05, 0) is 0 Å². The summed E-state index contributed by atoms with van der Waals surface area (Å²) in [6, 6.07) is -0.545. The van der Waals surface area contributed by atoms with Gasteiger partial charge in [-0.3, -0.25) is 28.2 Å². The number of hydrogen-bond acceptors (Lipinski definition) is 15. The van der Waals surface area contributed by atoms with Gasteiger partial charge in [0.2, 0.25) is 5.91 Å². The van der Waals surface area contributed by atoms with Crippen LogP contribution in [-0.2, 0) is 37.0 Å². The maximum atomic E-state index is 12.4. The Hall–Kier alpha value is -1.87. The number of nitrogens with zero attached hydrogens (tertiary/aromatic N) is 1. The molecule has 1 amide bonds. The Morgan fingerprint density at radius 2 is 1.73 bits per heavy atom. The fourth-order valence-corrected chi connectivity index (χ4v) is 6.22. The van der Waals surface area contributed by atoms with Crippen molar-refractivity contribution in [3.8, 4) is 0 Å². The molecule has 1 aromatic heterocycles. The molecule has 11 atom stereocenters. The third kappa shape index (κ3) is 7.90. The first-order valence-electron chi connectivity index (χ1n) is 11.4. The Kier molecular flexibility index (Phi) is 10.6. The van der Waals surface area contributed by atoms with Gasteiger partial charge in [0.25, 0.3) is 5.56 Å². The molecule has 2 unspecified atom stereocenters. The van der Waals surface area contributed by atoms with Crippen molar-refractivity contribution in [2.45, 2.75) is 62.1 Å². The fourth-order valence-electron chi connectivity index (χ4n) is 3.88. The minimum absolute atomic E-state index is 0.707. The highest BCUT2D eigenvalue weighted by atomic mass is 31.3. The largest absolute Gasteiger partial charge is 0.479 e. The lowest BCUT2D eigenvalue weighted by atomic mass is 9.97. The third-order valence-corrected chi connectivity index (χ3v) is 8.54. The molecular weight excluding hydrogens is 592 g/mol. The van der Waals surface area contributed by atoms with Crippen molar-refractivity contribution in [3.63, 3.8) is 0 Å². The van der Waals surface area contributed by atoms with Gasteiger partial charge in [-0.2, -0.15) is 0 Å². The van der Waals surface area contributed by atoms with Crippen molar-refractivity contribution in [1.82, 2.24) is 14.9 Å². The molecule has 2 fully saturated rings. The van der Waals surface area contributed by atoms with Crippen LogP contribution in [0.3, 0.4) is 0 Å². The number of phosphoric acid groups is 1. The normalized spacial score (nSPS) is 35.5. The lowest BCUT2D eigenvalue weighted by Crippen LogP contribution is -2.64. The highest BCUT2D eigenvalue weighted by Gasteiger charge is 2.48. The van der Waals surface area contributed by atoms with Gasteiger partial charge in [0.1, 0.15) is 42.7 Å². The number of nitrogens with one attached hydrogen (secondary N) is 2. The van der Waals surface area contributed by atoms with E-state index in [2.05, 4.69) is 14.2 Å². The number of aromatic nitrogens is 2. The number of aliphatic hydroxyl groups excluding tert-OH is 5. The molecule has 0 aromatic carbocycles. The molecule has 228 valence electrons. The summed E-state index contributed by atoms with van der Waals surface area (Å²) in [7, 11) is -10.5. The quantitative estimate of drug-likeness (QED) is 0.105. The average Bonchev–Trinajstić information content (AvgIpc) is 3.13. The first kappa shape index (κ1) is 32.6. The van der Waals surface area contributed by atoms with Gasteiger partial charge < -0.3 is 54.8 Å². The van der Waals surface area contributed by atoms with Gasteiger partial charge in [0.15, 0.2) is 18.9 Å². The van der Waals surface area contributed by atoms with E-state index < -0.39 is 107 Å². The van der Waals surface area contributed by atoms with Crippen LogP contribution >= 0.6 is 15.4 Å². The number of ether oxygens (including phenoxy) is 3. The van der Waals surface area contributed by atoms with E-state index in [4.69, 9.17) is 14.2 Å². The van der Waals surface area contributed by atoms with Gasteiger partial charge in [0, 0.05) is 19.2 Å². The molecule has 0 saturated carbocycles. The zero-order valence-corrected chi connectivity index (χ0v) is 22.3. The summed E-state index contributed by atoms with van der Waals surface area (Å²) in [5.41, 5.74) is -1.73. The standard InChI is InChI=1S/C18H29N3O17P2/c1-7(23)19-11-14(27)12(25)8(4-22)37-17(11)34-6-39(30,31)38-40(32,33)35-5-9-13(26)15(28)16(36-9)21-3-2-10(24)20-18(21)29/h2-3,8-9,11-17,22,25-28H,4-6H2,1H3,(H,19,23)(H,30,31)(H,32,33)(H,20,24,29)/t8-,9-,11-,12-,13-,14-,15-,16-,17+/m1/s1. The van der Waals surface area contributed by atoms with Crippen molar-refractivity contribution in [1.29, 1.82) is 0 Å². The SMILES string of the molecule is CC(=O)N[C@H]1[C@@H](OCP(=O)(O)OP(=O)(O)OC[C@H]2O[C@@H](n3ccc(=O)[nH]c3=O)[C@H](O)[C@@H]2O)O[C@H](CO)[C@@H](O)[C@@H]1O. The molecule has 3 rings (SSSR count). The number of phosphoric ester groups is 1. The molecule has 0 aliphatic carbocycles. The predicted octanol–water partition coefficient (Wildman–Crippen LogP) is -4.61. The first-order valence-corrected chi connectivity index (χ1v) is 14.7. The Balaban J connectivity index is 1.60. The molecule has 9 N–H and O–H groups in total. The molecule has 0 spiro atoms. The monoisotopic (exact) mass is 621 g/mol. The van der Waals surface area contributed by atoms with E-state index in [1.807, 2.05) is 4.98 Å². The van der Waals surface area contributed by atoms with Crippen LogP contribution in [0.2, 0.25) is 0 Å². The lowest BCUT2D eigenvalue weighted by molar-refractivity contribution is -0.265. The molecule has 0 radical (unpaired) electrons. The number of aliphatic hydroxyl groups is 5. The van der Waals surface area contributed by atoms with E-state index in [9.17, 15) is 58.8 Å². The van der Waals surface area contributed by atoms with Crippen LogP contribution in [0, 0.1) is 0 Å². The molecule has 1 aromatic rings. The van der Waals surface area contributed by atoms with Crippen LogP contribution in [0.25, 0.3) is 0 Å². The molecule has 20 nitrogen and oxygen atoms in total. The fraction of sp³-hybridized carbons (Fsp3) is 0.722. The Morgan fingerprint density at radius 3 is 2.33 bits per heavy atom. The molecular formula is C18H29N3O17P2. The number of carbonyl (C=O) groups excluding carboxylic acids is 1. The zero-order valence-electron chi connectivity index (χ0n) is 20.5. The number of amides is 1. The van der Waals surface area contributed by atoms with Crippen LogP contribution in [-0.4, -0.2) is 119 Å². The second kappa shape index (κ2) is 13.0. The number of aromatic amines is 1. The second-order valence-corrected chi connectivity index (χ2v) is 12.2. The van der Waals surface area contributed by atoms with Crippen LogP contribution in [0.15, 0.2) is 21.9 Å². The van der Waals surface area contributed by atoms with Crippen LogP contribution in [0.5, 0.6) is 0 Å². The topological polar surface area (TPSA) is 306 Å². The summed E-state index contributed by atoms with van der Waals surface area (Å²) in [5, 5.41) is 52.1. The minimum atomic E-state index is -5.39. The van der Waals surface area contributed by atoms with Gasteiger partial charge in [-0.25, -0.2) is 13.7 Å².